The minimum atomic E-state index is -0.295. The summed E-state index contributed by atoms with van der Waals surface area (Å²) in [7, 11) is 0. The lowest BCUT2D eigenvalue weighted by molar-refractivity contribution is -0.114. The van der Waals surface area contributed by atoms with Gasteiger partial charge in [-0.2, -0.15) is 0 Å². The second-order valence-electron chi connectivity index (χ2n) is 7.93. The molecule has 0 spiro atoms. The number of carbonyl (C=O) groups is 2. The first-order chi connectivity index (χ1) is 13.6. The number of amides is 2. The normalized spacial score (nSPS) is 10.8. The lowest BCUT2D eigenvalue weighted by Crippen LogP contribution is -2.40. The molecule has 0 saturated heterocycles. The van der Waals surface area contributed by atoms with E-state index in [9.17, 15) is 9.59 Å². The van der Waals surface area contributed by atoms with Crippen molar-refractivity contribution >= 4 is 23.2 Å². The molecule has 0 radical (unpaired) electrons. The van der Waals surface area contributed by atoms with E-state index >= 15 is 0 Å². The molecule has 0 aliphatic rings. The van der Waals surface area contributed by atoms with Gasteiger partial charge in [0.25, 0.3) is 5.91 Å². The van der Waals surface area contributed by atoms with Gasteiger partial charge in [-0.3, -0.25) is 9.59 Å². The van der Waals surface area contributed by atoms with Gasteiger partial charge in [0.05, 0.1) is 12.2 Å². The molecule has 6 heteroatoms. The summed E-state index contributed by atoms with van der Waals surface area (Å²) in [6, 6.07) is 14.3. The maximum absolute atomic E-state index is 12.3. The number of hydrogen-bond donors (Lipinski definition) is 3. The lowest BCUT2D eigenvalue weighted by atomic mass is 10.1. The first kappa shape index (κ1) is 22.0. The van der Waals surface area contributed by atoms with Crippen LogP contribution in [0.15, 0.2) is 60.7 Å². The summed E-state index contributed by atoms with van der Waals surface area (Å²) in [4.78, 5) is 24.5. The molecule has 0 heterocycles. The molecule has 2 amide bonds. The average molecular weight is 396 g/mol. The molecule has 2 aromatic rings. The van der Waals surface area contributed by atoms with Crippen LogP contribution in [0.1, 0.15) is 38.1 Å². The Bertz CT molecular complexity index is 868. The van der Waals surface area contributed by atoms with E-state index in [0.717, 1.165) is 11.3 Å². The van der Waals surface area contributed by atoms with Crippen LogP contribution in [0.5, 0.6) is 5.75 Å². The summed E-state index contributed by atoms with van der Waals surface area (Å²) >= 11 is 0. The van der Waals surface area contributed by atoms with E-state index in [4.69, 9.17) is 4.74 Å². The topological polar surface area (TPSA) is 79.5 Å². The third-order valence-electron chi connectivity index (χ3n) is 3.72. The fraction of sp³-hybridized carbons (Fsp3) is 0.304. The molecule has 0 aliphatic heterocycles. The van der Waals surface area contributed by atoms with Gasteiger partial charge >= 0.3 is 0 Å². The summed E-state index contributed by atoms with van der Waals surface area (Å²) in [6.45, 7) is 12.0. The molecule has 0 aliphatic carbocycles. The zero-order valence-electron chi connectivity index (χ0n) is 17.5. The van der Waals surface area contributed by atoms with E-state index in [1.165, 1.54) is 0 Å². The Morgan fingerprint density at radius 3 is 2.31 bits per heavy atom. The molecule has 29 heavy (non-hydrogen) atoms. The average Bonchev–Trinajstić information content (AvgIpc) is 2.64. The zero-order chi connectivity index (χ0) is 21.4. The summed E-state index contributed by atoms with van der Waals surface area (Å²) in [5, 5.41) is 8.80. The van der Waals surface area contributed by atoms with Gasteiger partial charge in [-0.15, -0.1) is 0 Å². The number of carbonyl (C=O) groups excluding carboxylic acids is 2. The molecule has 0 unspecified atom stereocenters. The van der Waals surface area contributed by atoms with Crippen molar-refractivity contribution in [1.82, 2.24) is 5.32 Å². The van der Waals surface area contributed by atoms with Crippen LogP contribution in [-0.2, 0) is 4.79 Å². The Morgan fingerprint density at radius 2 is 1.69 bits per heavy atom. The van der Waals surface area contributed by atoms with Crippen LogP contribution in [0.2, 0.25) is 0 Å². The van der Waals surface area contributed by atoms with Gasteiger partial charge < -0.3 is 20.7 Å². The van der Waals surface area contributed by atoms with E-state index < -0.39 is 0 Å². The van der Waals surface area contributed by atoms with E-state index in [1.807, 2.05) is 39.8 Å². The third kappa shape index (κ3) is 7.70. The molecule has 154 valence electrons. The highest BCUT2D eigenvalue weighted by molar-refractivity contribution is 5.96. The lowest BCUT2D eigenvalue weighted by Gasteiger charge is -2.20. The maximum Gasteiger partial charge on any atom is 0.251 e. The molecule has 0 bridgehead atoms. The molecule has 0 atom stereocenters. The Morgan fingerprint density at radius 1 is 1.03 bits per heavy atom. The molecular formula is C23H29N3O3. The Hall–Kier alpha value is -3.28. The SMILES string of the molecule is C=C(C)COc1ccccc1NC(=O)CNc1ccc(C(=O)NC(C)(C)C)cc1. The van der Waals surface area contributed by atoms with Crippen LogP contribution in [0.3, 0.4) is 0 Å². The minimum absolute atomic E-state index is 0.0857. The van der Waals surface area contributed by atoms with Crippen molar-refractivity contribution in [1.29, 1.82) is 0 Å². The highest BCUT2D eigenvalue weighted by Gasteiger charge is 2.15. The van der Waals surface area contributed by atoms with Crippen molar-refractivity contribution in [3.8, 4) is 5.75 Å². The van der Waals surface area contributed by atoms with Gasteiger partial charge in [0.2, 0.25) is 5.91 Å². The smallest absolute Gasteiger partial charge is 0.251 e. The standard InChI is InChI=1S/C23H29N3O3/c1-16(2)15-29-20-9-7-6-8-19(20)25-21(27)14-24-18-12-10-17(11-13-18)22(28)26-23(3,4)5/h6-13,24H,1,14-15H2,2-5H3,(H,25,27)(H,26,28). The van der Waals surface area contributed by atoms with Crippen molar-refractivity contribution in [3.05, 3.63) is 66.2 Å². The highest BCUT2D eigenvalue weighted by Crippen LogP contribution is 2.24. The van der Waals surface area contributed by atoms with Gasteiger partial charge in [-0.1, -0.05) is 18.7 Å². The van der Waals surface area contributed by atoms with Crippen molar-refractivity contribution in [2.45, 2.75) is 33.2 Å². The summed E-state index contributed by atoms with van der Waals surface area (Å²) < 4.78 is 5.66. The van der Waals surface area contributed by atoms with Crippen LogP contribution >= 0.6 is 0 Å². The highest BCUT2D eigenvalue weighted by atomic mass is 16.5. The Labute approximate surface area is 172 Å². The second-order valence-corrected chi connectivity index (χ2v) is 7.93. The first-order valence-electron chi connectivity index (χ1n) is 9.46. The third-order valence-corrected chi connectivity index (χ3v) is 3.72. The van der Waals surface area contributed by atoms with E-state index in [0.29, 0.717) is 23.6 Å². The number of hydrogen-bond acceptors (Lipinski definition) is 4. The van der Waals surface area contributed by atoms with Crippen LogP contribution in [0.25, 0.3) is 0 Å². The van der Waals surface area contributed by atoms with Crippen molar-refractivity contribution in [2.75, 3.05) is 23.8 Å². The number of anilines is 2. The van der Waals surface area contributed by atoms with Crippen LogP contribution in [0, 0.1) is 0 Å². The molecule has 2 rings (SSSR count). The van der Waals surface area contributed by atoms with Gasteiger partial charge in [0, 0.05) is 16.8 Å². The Balaban J connectivity index is 1.90. The zero-order valence-corrected chi connectivity index (χ0v) is 17.5. The number of benzene rings is 2. The quantitative estimate of drug-likeness (QED) is 0.585. The minimum Gasteiger partial charge on any atom is -0.487 e. The van der Waals surface area contributed by atoms with Gasteiger partial charge in [-0.05, 0) is 69.7 Å². The first-order valence-corrected chi connectivity index (χ1v) is 9.46. The van der Waals surface area contributed by atoms with Crippen molar-refractivity contribution < 1.29 is 14.3 Å². The van der Waals surface area contributed by atoms with Crippen LogP contribution in [0.4, 0.5) is 11.4 Å². The van der Waals surface area contributed by atoms with Crippen molar-refractivity contribution in [3.63, 3.8) is 0 Å². The van der Waals surface area contributed by atoms with Crippen molar-refractivity contribution in [2.24, 2.45) is 0 Å². The maximum atomic E-state index is 12.3. The van der Waals surface area contributed by atoms with Gasteiger partial charge in [0.1, 0.15) is 12.4 Å². The largest absolute Gasteiger partial charge is 0.487 e. The molecule has 0 fully saturated rings. The van der Waals surface area contributed by atoms with E-state index in [2.05, 4.69) is 22.5 Å². The molecular weight excluding hydrogens is 366 g/mol. The number of ether oxygens (including phenoxy) is 1. The molecule has 2 aromatic carbocycles. The fourth-order valence-corrected chi connectivity index (χ4v) is 2.43. The summed E-state index contributed by atoms with van der Waals surface area (Å²) in [5.74, 6) is 0.261. The monoisotopic (exact) mass is 395 g/mol. The molecule has 3 N–H and O–H groups in total. The summed E-state index contributed by atoms with van der Waals surface area (Å²) in [5.41, 5.74) is 2.52. The van der Waals surface area contributed by atoms with Gasteiger partial charge in [-0.25, -0.2) is 0 Å². The number of rotatable bonds is 8. The Kier molecular flexibility index (Phi) is 7.42. The van der Waals surface area contributed by atoms with Crippen LogP contribution < -0.4 is 20.7 Å². The summed E-state index contributed by atoms with van der Waals surface area (Å²) in [6.07, 6.45) is 0. The number of nitrogens with one attached hydrogen (secondary N) is 3. The number of para-hydroxylation sites is 2. The molecule has 6 nitrogen and oxygen atoms in total. The predicted molar refractivity (Wildman–Crippen MR) is 118 cm³/mol. The molecule has 0 saturated carbocycles. The fourth-order valence-electron chi connectivity index (χ4n) is 2.43. The van der Waals surface area contributed by atoms with E-state index in [1.54, 1.807) is 36.4 Å². The van der Waals surface area contributed by atoms with Gasteiger partial charge in [0.15, 0.2) is 0 Å². The molecule has 0 aromatic heterocycles. The second kappa shape index (κ2) is 9.78. The van der Waals surface area contributed by atoms with E-state index in [-0.39, 0.29) is 23.9 Å². The van der Waals surface area contributed by atoms with Crippen LogP contribution in [-0.4, -0.2) is 30.5 Å². The predicted octanol–water partition coefficient (Wildman–Crippen LogP) is 4.22.